The van der Waals surface area contributed by atoms with E-state index in [4.69, 9.17) is 18.6 Å². The predicted molar refractivity (Wildman–Crippen MR) is 169 cm³/mol. The molecule has 9 nitrogen and oxygen atoms in total. The number of anilines is 1. The molecule has 1 amide bonds. The van der Waals surface area contributed by atoms with Gasteiger partial charge >= 0.3 is 0 Å². The van der Waals surface area contributed by atoms with E-state index >= 15 is 0 Å². The zero-order valence-electron chi connectivity index (χ0n) is 25.5. The maximum Gasteiger partial charge on any atom is 0.254 e. The second-order valence-corrected chi connectivity index (χ2v) is 11.6. The second kappa shape index (κ2) is 13.1. The van der Waals surface area contributed by atoms with Gasteiger partial charge in [-0.3, -0.25) is 9.78 Å². The molecule has 0 radical (unpaired) electrons. The normalized spacial score (nSPS) is 19.1. The number of amides is 1. The van der Waals surface area contributed by atoms with Crippen molar-refractivity contribution in [3.63, 3.8) is 0 Å². The molecule has 2 fully saturated rings. The number of methoxy groups -OCH3 is 1. The Bertz CT molecular complexity index is 1690. The van der Waals surface area contributed by atoms with Crippen LogP contribution in [0.15, 0.2) is 59.1 Å². The van der Waals surface area contributed by atoms with Crippen molar-refractivity contribution in [3.8, 4) is 34.3 Å². The number of morpholine rings is 1. The highest BCUT2D eigenvalue weighted by Crippen LogP contribution is 2.38. The number of furan rings is 1. The summed E-state index contributed by atoms with van der Waals surface area (Å²) in [7, 11) is 1.59. The minimum atomic E-state index is -0.0386. The Balaban J connectivity index is 1.29. The standard InChI is InChI=1S/C35H38N4O5/c1-4-5-27-20-39(22(2)21-43-27)35(40)24-6-8-29(32(17-24)41-3)33-18-31-34(44-33)28(10-13-37-31)23-7-9-30(25(16-23)19-36)38-26-11-14-42-15-12-26/h6-10,13,16-18,22,26-27,38H,4-5,11-12,14-15,20-21H2,1-3H3. The lowest BCUT2D eigenvalue weighted by Crippen LogP contribution is -2.51. The van der Waals surface area contributed by atoms with Gasteiger partial charge in [0.05, 0.1) is 42.7 Å². The van der Waals surface area contributed by atoms with E-state index in [9.17, 15) is 10.1 Å². The summed E-state index contributed by atoms with van der Waals surface area (Å²) in [6.07, 6.45) is 5.56. The Kier molecular flexibility index (Phi) is 8.82. The first-order chi connectivity index (χ1) is 21.5. The fraction of sp³-hybridized carbons (Fsp3) is 0.400. The van der Waals surface area contributed by atoms with E-state index < -0.39 is 0 Å². The molecular formula is C35H38N4O5. The number of pyridine rings is 1. The van der Waals surface area contributed by atoms with Gasteiger partial charge in [-0.15, -0.1) is 0 Å². The molecule has 2 atom stereocenters. The van der Waals surface area contributed by atoms with Crippen molar-refractivity contribution in [2.75, 3.05) is 38.8 Å². The molecule has 0 aliphatic carbocycles. The van der Waals surface area contributed by atoms with Crippen LogP contribution >= 0.6 is 0 Å². The molecule has 2 aliphatic heterocycles. The summed E-state index contributed by atoms with van der Waals surface area (Å²) in [5.41, 5.74) is 5.67. The molecule has 4 aromatic rings. The molecule has 2 unspecified atom stereocenters. The first-order valence-electron chi connectivity index (χ1n) is 15.4. The van der Waals surface area contributed by atoms with Crippen molar-refractivity contribution in [3.05, 3.63) is 65.9 Å². The molecule has 2 saturated heterocycles. The summed E-state index contributed by atoms with van der Waals surface area (Å²) >= 11 is 0. The van der Waals surface area contributed by atoms with E-state index in [1.165, 1.54) is 0 Å². The highest BCUT2D eigenvalue weighted by Gasteiger charge is 2.30. The third-order valence-electron chi connectivity index (χ3n) is 8.53. The number of aromatic nitrogens is 1. The minimum absolute atomic E-state index is 0.00518. The SMILES string of the molecule is CCCC1CN(C(=O)c2ccc(-c3cc4nccc(-c5ccc(NC6CCOCC6)c(C#N)c5)c4o3)c(OC)c2)C(C)CO1. The molecular weight excluding hydrogens is 556 g/mol. The number of ether oxygens (including phenoxy) is 3. The van der Waals surface area contributed by atoms with Gasteiger partial charge in [0.2, 0.25) is 0 Å². The summed E-state index contributed by atoms with van der Waals surface area (Å²) in [5, 5.41) is 13.5. The second-order valence-electron chi connectivity index (χ2n) is 11.6. The fourth-order valence-electron chi connectivity index (χ4n) is 6.08. The zero-order valence-corrected chi connectivity index (χ0v) is 25.5. The Hall–Kier alpha value is -4.39. The van der Waals surface area contributed by atoms with Gasteiger partial charge in [-0.05, 0) is 68.1 Å². The Morgan fingerprint density at radius 2 is 1.98 bits per heavy atom. The number of rotatable bonds is 8. The van der Waals surface area contributed by atoms with Crippen molar-refractivity contribution in [1.29, 1.82) is 5.26 Å². The van der Waals surface area contributed by atoms with Crippen molar-refractivity contribution >= 4 is 22.7 Å². The van der Waals surface area contributed by atoms with Crippen LogP contribution in [-0.2, 0) is 9.47 Å². The van der Waals surface area contributed by atoms with Crippen LogP contribution in [0.3, 0.4) is 0 Å². The number of carbonyl (C=O) groups excluding carboxylic acids is 1. The fourth-order valence-corrected chi connectivity index (χ4v) is 6.08. The first kappa shape index (κ1) is 29.7. The van der Waals surface area contributed by atoms with Gasteiger partial charge in [0, 0.05) is 49.2 Å². The molecule has 2 aromatic carbocycles. The number of carbonyl (C=O) groups is 1. The smallest absolute Gasteiger partial charge is 0.254 e. The van der Waals surface area contributed by atoms with Crippen LogP contribution in [0.25, 0.3) is 33.6 Å². The molecule has 2 aliphatic rings. The van der Waals surface area contributed by atoms with Crippen LogP contribution < -0.4 is 10.1 Å². The highest BCUT2D eigenvalue weighted by atomic mass is 16.5. The third-order valence-corrected chi connectivity index (χ3v) is 8.53. The van der Waals surface area contributed by atoms with Gasteiger partial charge < -0.3 is 28.8 Å². The molecule has 0 saturated carbocycles. The van der Waals surface area contributed by atoms with E-state index in [0.717, 1.165) is 61.3 Å². The molecule has 9 heteroatoms. The quantitative estimate of drug-likeness (QED) is 0.241. The molecule has 0 bridgehead atoms. The maximum absolute atomic E-state index is 13.6. The first-order valence-corrected chi connectivity index (χ1v) is 15.4. The Labute approximate surface area is 257 Å². The van der Waals surface area contributed by atoms with Crippen LogP contribution in [0.1, 0.15) is 55.5 Å². The Morgan fingerprint density at radius 1 is 1.14 bits per heavy atom. The van der Waals surface area contributed by atoms with Crippen LogP contribution in [-0.4, -0.2) is 67.5 Å². The van der Waals surface area contributed by atoms with E-state index in [2.05, 4.69) is 23.3 Å². The van der Waals surface area contributed by atoms with E-state index in [0.29, 0.717) is 46.9 Å². The topological polar surface area (TPSA) is 110 Å². The number of hydrogen-bond donors (Lipinski definition) is 1. The maximum atomic E-state index is 13.6. The molecule has 6 rings (SSSR count). The number of nitrogens with one attached hydrogen (secondary N) is 1. The minimum Gasteiger partial charge on any atom is -0.496 e. The molecule has 0 spiro atoms. The van der Waals surface area contributed by atoms with Crippen molar-refractivity contribution < 1.29 is 23.4 Å². The van der Waals surface area contributed by atoms with Gasteiger partial charge in [0.25, 0.3) is 5.91 Å². The number of fused-ring (bicyclic) bond motifs is 1. The van der Waals surface area contributed by atoms with E-state index in [-0.39, 0.29) is 24.1 Å². The van der Waals surface area contributed by atoms with Gasteiger partial charge in [0.15, 0.2) is 5.58 Å². The van der Waals surface area contributed by atoms with Crippen molar-refractivity contribution in [2.24, 2.45) is 0 Å². The number of benzene rings is 2. The van der Waals surface area contributed by atoms with Crippen LogP contribution in [0.2, 0.25) is 0 Å². The van der Waals surface area contributed by atoms with Crippen molar-refractivity contribution in [1.82, 2.24) is 9.88 Å². The monoisotopic (exact) mass is 594 g/mol. The van der Waals surface area contributed by atoms with Crippen LogP contribution in [0.4, 0.5) is 5.69 Å². The molecule has 2 aromatic heterocycles. The zero-order chi connectivity index (χ0) is 30.6. The van der Waals surface area contributed by atoms with Gasteiger partial charge in [-0.2, -0.15) is 5.26 Å². The lowest BCUT2D eigenvalue weighted by atomic mass is 10.0. The van der Waals surface area contributed by atoms with Gasteiger partial charge in [-0.25, -0.2) is 0 Å². The largest absolute Gasteiger partial charge is 0.496 e. The molecule has 4 heterocycles. The van der Waals surface area contributed by atoms with Crippen molar-refractivity contribution in [2.45, 2.75) is 57.7 Å². The van der Waals surface area contributed by atoms with Crippen LogP contribution in [0.5, 0.6) is 5.75 Å². The van der Waals surface area contributed by atoms with Gasteiger partial charge in [-0.1, -0.05) is 19.4 Å². The molecule has 228 valence electrons. The lowest BCUT2D eigenvalue weighted by Gasteiger charge is -2.38. The third kappa shape index (κ3) is 6.01. The average Bonchev–Trinajstić information content (AvgIpc) is 3.50. The van der Waals surface area contributed by atoms with E-state index in [1.54, 1.807) is 19.4 Å². The van der Waals surface area contributed by atoms with Gasteiger partial charge in [0.1, 0.15) is 23.1 Å². The highest BCUT2D eigenvalue weighted by molar-refractivity contribution is 5.97. The predicted octanol–water partition coefficient (Wildman–Crippen LogP) is 6.66. The molecule has 1 N–H and O–H groups in total. The van der Waals surface area contributed by atoms with Crippen LogP contribution in [0, 0.1) is 11.3 Å². The lowest BCUT2D eigenvalue weighted by molar-refractivity contribution is -0.0501. The summed E-state index contributed by atoms with van der Waals surface area (Å²) in [6.45, 7) is 6.70. The number of nitriles is 1. The summed E-state index contributed by atoms with van der Waals surface area (Å²) in [5.74, 6) is 1.08. The summed E-state index contributed by atoms with van der Waals surface area (Å²) in [6, 6.07) is 17.7. The summed E-state index contributed by atoms with van der Waals surface area (Å²) < 4.78 is 23.6. The van der Waals surface area contributed by atoms with E-state index in [1.807, 2.05) is 54.3 Å². The summed E-state index contributed by atoms with van der Waals surface area (Å²) in [4.78, 5) is 20.0. The molecule has 44 heavy (non-hydrogen) atoms. The number of nitrogens with zero attached hydrogens (tertiary/aromatic N) is 3. The number of hydrogen-bond acceptors (Lipinski definition) is 8. The Morgan fingerprint density at radius 3 is 2.75 bits per heavy atom. The average molecular weight is 595 g/mol.